The van der Waals surface area contributed by atoms with Gasteiger partial charge in [0.25, 0.3) is 10.0 Å². The van der Waals surface area contributed by atoms with Gasteiger partial charge in [-0.1, -0.05) is 23.4 Å². The monoisotopic (exact) mass is 382 g/mol. The summed E-state index contributed by atoms with van der Waals surface area (Å²) in [6, 6.07) is 13.5. The summed E-state index contributed by atoms with van der Waals surface area (Å²) in [5, 5.41) is 3.88. The molecule has 0 fully saturated rings. The molecule has 0 atom stereocenters. The molecular formula is C18H14N4O4S. The number of aromatic nitrogens is 3. The lowest BCUT2D eigenvalue weighted by atomic mass is 10.1. The van der Waals surface area contributed by atoms with Gasteiger partial charge in [-0.2, -0.15) is 4.98 Å². The second-order valence-corrected chi connectivity index (χ2v) is 7.30. The van der Waals surface area contributed by atoms with Crippen LogP contribution in [0, 0.1) is 0 Å². The van der Waals surface area contributed by atoms with E-state index in [1.54, 1.807) is 42.5 Å². The molecule has 0 radical (unpaired) electrons. The Labute approximate surface area is 154 Å². The van der Waals surface area contributed by atoms with Crippen LogP contribution in [0.2, 0.25) is 0 Å². The highest BCUT2D eigenvalue weighted by atomic mass is 32.2. The van der Waals surface area contributed by atoms with Gasteiger partial charge in [-0.3, -0.25) is 9.71 Å². The Morgan fingerprint density at radius 2 is 1.93 bits per heavy atom. The van der Waals surface area contributed by atoms with Gasteiger partial charge in [0, 0.05) is 12.4 Å². The third-order valence-electron chi connectivity index (χ3n) is 3.76. The maximum atomic E-state index is 12.6. The van der Waals surface area contributed by atoms with Crippen LogP contribution < -0.4 is 4.72 Å². The average molecular weight is 382 g/mol. The van der Waals surface area contributed by atoms with E-state index in [0.29, 0.717) is 28.7 Å². The van der Waals surface area contributed by atoms with E-state index in [2.05, 4.69) is 19.8 Å². The fraction of sp³-hybridized carbons (Fsp3) is 0.0556. The Morgan fingerprint density at radius 3 is 2.70 bits per heavy atom. The number of pyridine rings is 1. The molecule has 27 heavy (non-hydrogen) atoms. The van der Waals surface area contributed by atoms with Crippen LogP contribution in [0.1, 0.15) is 11.5 Å². The van der Waals surface area contributed by atoms with Crippen LogP contribution in [0.15, 0.2) is 81.0 Å². The zero-order chi connectivity index (χ0) is 18.7. The highest BCUT2D eigenvalue weighted by Gasteiger charge is 2.18. The standard InChI is InChI=1S/C18H14N4O4S/c23-27(24,14-6-3-9-19-12-14)22-15-7-2-1-5-13(15)11-17-20-18(21-26-17)16-8-4-10-25-16/h1-10,12,22H,11H2. The normalized spacial score (nSPS) is 11.4. The molecule has 1 aromatic carbocycles. The van der Waals surface area contributed by atoms with E-state index in [1.807, 2.05) is 0 Å². The molecule has 0 aliphatic rings. The minimum absolute atomic E-state index is 0.0812. The van der Waals surface area contributed by atoms with Gasteiger partial charge in [-0.25, -0.2) is 8.42 Å². The first-order chi connectivity index (χ1) is 13.1. The lowest BCUT2D eigenvalue weighted by Gasteiger charge is -2.11. The van der Waals surface area contributed by atoms with Gasteiger partial charge in [-0.05, 0) is 35.9 Å². The lowest BCUT2D eigenvalue weighted by molar-refractivity contribution is 0.384. The van der Waals surface area contributed by atoms with Gasteiger partial charge in [0.1, 0.15) is 4.90 Å². The van der Waals surface area contributed by atoms with Crippen molar-refractivity contribution in [3.8, 4) is 11.6 Å². The van der Waals surface area contributed by atoms with Crippen molar-refractivity contribution in [1.29, 1.82) is 0 Å². The molecule has 0 aliphatic heterocycles. The highest BCUT2D eigenvalue weighted by Crippen LogP contribution is 2.23. The van der Waals surface area contributed by atoms with Crippen molar-refractivity contribution >= 4 is 15.7 Å². The largest absolute Gasteiger partial charge is 0.461 e. The maximum Gasteiger partial charge on any atom is 0.263 e. The average Bonchev–Trinajstić information content (AvgIpc) is 3.35. The van der Waals surface area contributed by atoms with Crippen LogP contribution in [0.25, 0.3) is 11.6 Å². The zero-order valence-electron chi connectivity index (χ0n) is 13.9. The quantitative estimate of drug-likeness (QED) is 0.545. The fourth-order valence-electron chi connectivity index (χ4n) is 2.48. The molecular weight excluding hydrogens is 368 g/mol. The first kappa shape index (κ1) is 17.0. The molecule has 0 amide bonds. The number of furan rings is 1. The van der Waals surface area contributed by atoms with E-state index >= 15 is 0 Å². The molecule has 4 aromatic rings. The van der Waals surface area contributed by atoms with Crippen molar-refractivity contribution in [3.63, 3.8) is 0 Å². The number of nitrogens with one attached hydrogen (secondary N) is 1. The predicted molar refractivity (Wildman–Crippen MR) is 96.3 cm³/mol. The van der Waals surface area contributed by atoms with Gasteiger partial charge in [-0.15, -0.1) is 0 Å². The molecule has 0 bridgehead atoms. The molecule has 3 heterocycles. The lowest BCUT2D eigenvalue weighted by Crippen LogP contribution is -2.14. The summed E-state index contributed by atoms with van der Waals surface area (Å²) >= 11 is 0. The first-order valence-corrected chi connectivity index (χ1v) is 9.47. The molecule has 9 heteroatoms. The van der Waals surface area contributed by atoms with Crippen molar-refractivity contribution < 1.29 is 17.4 Å². The Balaban J connectivity index is 1.59. The summed E-state index contributed by atoms with van der Waals surface area (Å²) in [5.41, 5.74) is 1.12. The number of hydrogen-bond donors (Lipinski definition) is 1. The van der Waals surface area contributed by atoms with Crippen LogP contribution in [0.3, 0.4) is 0 Å². The minimum atomic E-state index is -3.75. The first-order valence-electron chi connectivity index (χ1n) is 7.99. The fourth-order valence-corrected chi connectivity index (χ4v) is 3.54. The summed E-state index contributed by atoms with van der Waals surface area (Å²) in [5.74, 6) is 1.17. The van der Waals surface area contributed by atoms with Crippen molar-refractivity contribution in [3.05, 3.63) is 78.6 Å². The van der Waals surface area contributed by atoms with Crippen LogP contribution in [-0.4, -0.2) is 23.5 Å². The van der Waals surface area contributed by atoms with Crippen LogP contribution in [0.5, 0.6) is 0 Å². The molecule has 0 spiro atoms. The molecule has 8 nitrogen and oxygen atoms in total. The molecule has 0 aliphatic carbocycles. The number of nitrogens with zero attached hydrogens (tertiary/aromatic N) is 3. The topological polar surface area (TPSA) is 111 Å². The molecule has 3 aromatic heterocycles. The summed E-state index contributed by atoms with van der Waals surface area (Å²) < 4.78 is 38.2. The molecule has 0 unspecified atom stereocenters. The third-order valence-corrected chi connectivity index (χ3v) is 5.11. The van der Waals surface area contributed by atoms with Crippen molar-refractivity contribution in [2.75, 3.05) is 4.72 Å². The summed E-state index contributed by atoms with van der Waals surface area (Å²) in [4.78, 5) is 8.21. The van der Waals surface area contributed by atoms with E-state index in [4.69, 9.17) is 8.94 Å². The molecule has 136 valence electrons. The van der Waals surface area contributed by atoms with E-state index in [9.17, 15) is 8.42 Å². The minimum Gasteiger partial charge on any atom is -0.461 e. The predicted octanol–water partition coefficient (Wildman–Crippen LogP) is 3.12. The highest BCUT2D eigenvalue weighted by molar-refractivity contribution is 7.92. The van der Waals surface area contributed by atoms with Gasteiger partial charge in [0.15, 0.2) is 5.76 Å². The Kier molecular flexibility index (Phi) is 4.43. The van der Waals surface area contributed by atoms with Gasteiger partial charge >= 0.3 is 0 Å². The SMILES string of the molecule is O=S(=O)(Nc1ccccc1Cc1nc(-c2ccco2)no1)c1cccnc1. The Bertz CT molecular complexity index is 1140. The zero-order valence-corrected chi connectivity index (χ0v) is 14.8. The van der Waals surface area contributed by atoms with Gasteiger partial charge < -0.3 is 8.94 Å². The molecule has 0 saturated heterocycles. The number of anilines is 1. The van der Waals surface area contributed by atoms with Gasteiger partial charge in [0.2, 0.25) is 11.7 Å². The van der Waals surface area contributed by atoms with Crippen molar-refractivity contribution in [2.24, 2.45) is 0 Å². The van der Waals surface area contributed by atoms with E-state index in [1.165, 1.54) is 24.7 Å². The summed E-state index contributed by atoms with van der Waals surface area (Å²) in [6.07, 6.45) is 4.59. The maximum absolute atomic E-state index is 12.6. The Hall–Kier alpha value is -3.46. The van der Waals surface area contributed by atoms with Crippen molar-refractivity contribution in [1.82, 2.24) is 15.1 Å². The van der Waals surface area contributed by atoms with Crippen LogP contribution >= 0.6 is 0 Å². The number of rotatable bonds is 6. The van der Waals surface area contributed by atoms with Gasteiger partial charge in [0.05, 0.1) is 18.4 Å². The number of hydrogen-bond acceptors (Lipinski definition) is 7. The van der Waals surface area contributed by atoms with Crippen LogP contribution in [-0.2, 0) is 16.4 Å². The van der Waals surface area contributed by atoms with E-state index in [0.717, 1.165) is 0 Å². The number of para-hydroxylation sites is 1. The number of benzene rings is 1. The number of sulfonamides is 1. The summed E-state index contributed by atoms with van der Waals surface area (Å²) in [7, 11) is -3.75. The Morgan fingerprint density at radius 1 is 1.04 bits per heavy atom. The van der Waals surface area contributed by atoms with E-state index < -0.39 is 10.0 Å². The second kappa shape index (κ2) is 7.04. The van der Waals surface area contributed by atoms with Crippen molar-refractivity contribution in [2.45, 2.75) is 11.3 Å². The molecule has 1 N–H and O–H groups in total. The second-order valence-electron chi connectivity index (χ2n) is 5.62. The molecule has 4 rings (SSSR count). The smallest absolute Gasteiger partial charge is 0.263 e. The van der Waals surface area contributed by atoms with E-state index in [-0.39, 0.29) is 11.3 Å². The third kappa shape index (κ3) is 3.72. The molecule has 0 saturated carbocycles. The van der Waals surface area contributed by atoms with Crippen LogP contribution in [0.4, 0.5) is 5.69 Å². The summed E-state index contributed by atoms with van der Waals surface area (Å²) in [6.45, 7) is 0.